The maximum atomic E-state index is 10.5. The molecule has 0 radical (unpaired) electrons. The third-order valence-electron chi connectivity index (χ3n) is 3.51. The van der Waals surface area contributed by atoms with Crippen LogP contribution in [0.4, 0.5) is 0 Å². The highest BCUT2D eigenvalue weighted by molar-refractivity contribution is 5.68. The van der Waals surface area contributed by atoms with Crippen molar-refractivity contribution in [2.45, 2.75) is 38.2 Å². The van der Waals surface area contributed by atoms with Gasteiger partial charge in [0.2, 0.25) is 0 Å². The lowest BCUT2D eigenvalue weighted by Gasteiger charge is -2.30. The Morgan fingerprint density at radius 1 is 1.50 bits per heavy atom. The molecule has 0 bridgehead atoms. The van der Waals surface area contributed by atoms with Crippen LogP contribution >= 0.6 is 0 Å². The van der Waals surface area contributed by atoms with Gasteiger partial charge in [-0.3, -0.25) is 0 Å². The SMILES string of the molecule is CCC1c2cccc(OCC(=O)O)c2CCC1O. The van der Waals surface area contributed by atoms with Gasteiger partial charge in [0, 0.05) is 5.92 Å². The summed E-state index contributed by atoms with van der Waals surface area (Å²) in [6.45, 7) is 1.73. The Balaban J connectivity index is 2.29. The van der Waals surface area contributed by atoms with Gasteiger partial charge < -0.3 is 14.9 Å². The average molecular weight is 250 g/mol. The van der Waals surface area contributed by atoms with Gasteiger partial charge >= 0.3 is 5.97 Å². The Bertz CT molecular complexity index is 441. The van der Waals surface area contributed by atoms with Crippen molar-refractivity contribution >= 4 is 5.97 Å². The third-order valence-corrected chi connectivity index (χ3v) is 3.51. The van der Waals surface area contributed by atoms with E-state index in [0.29, 0.717) is 12.2 Å². The Hall–Kier alpha value is -1.55. The van der Waals surface area contributed by atoms with Crippen LogP contribution in [0.15, 0.2) is 18.2 Å². The van der Waals surface area contributed by atoms with Gasteiger partial charge in [-0.1, -0.05) is 19.1 Å². The van der Waals surface area contributed by atoms with E-state index in [9.17, 15) is 9.90 Å². The first-order valence-corrected chi connectivity index (χ1v) is 6.28. The fourth-order valence-corrected chi connectivity index (χ4v) is 2.66. The summed E-state index contributed by atoms with van der Waals surface area (Å²) in [5, 5.41) is 18.6. The van der Waals surface area contributed by atoms with Crippen LogP contribution in [-0.4, -0.2) is 28.9 Å². The molecule has 4 nitrogen and oxygen atoms in total. The number of carbonyl (C=O) groups is 1. The van der Waals surface area contributed by atoms with E-state index in [0.717, 1.165) is 24.0 Å². The molecule has 0 aromatic heterocycles. The average Bonchev–Trinajstić information content (AvgIpc) is 2.35. The van der Waals surface area contributed by atoms with Gasteiger partial charge in [-0.25, -0.2) is 4.79 Å². The number of hydrogen-bond donors (Lipinski definition) is 2. The van der Waals surface area contributed by atoms with E-state index < -0.39 is 5.97 Å². The highest BCUT2D eigenvalue weighted by atomic mass is 16.5. The van der Waals surface area contributed by atoms with Gasteiger partial charge in [0.05, 0.1) is 6.10 Å². The van der Waals surface area contributed by atoms with E-state index >= 15 is 0 Å². The zero-order valence-electron chi connectivity index (χ0n) is 10.4. The molecule has 2 rings (SSSR count). The monoisotopic (exact) mass is 250 g/mol. The number of ether oxygens (including phenoxy) is 1. The molecule has 0 saturated carbocycles. The molecule has 0 amide bonds. The quantitative estimate of drug-likeness (QED) is 0.857. The number of aliphatic carboxylic acids is 1. The Labute approximate surface area is 106 Å². The van der Waals surface area contributed by atoms with E-state index in [1.807, 2.05) is 19.1 Å². The molecule has 98 valence electrons. The summed E-state index contributed by atoms with van der Waals surface area (Å²) in [6, 6.07) is 5.66. The van der Waals surface area contributed by atoms with Crippen LogP contribution in [0.2, 0.25) is 0 Å². The number of rotatable bonds is 4. The molecule has 4 heteroatoms. The fraction of sp³-hybridized carbons (Fsp3) is 0.500. The molecule has 2 N–H and O–H groups in total. The standard InChI is InChI=1S/C14H18O4/c1-2-9-10-4-3-5-13(18-8-14(16)17)11(10)6-7-12(9)15/h3-5,9,12,15H,2,6-8H2,1H3,(H,16,17). The van der Waals surface area contributed by atoms with Gasteiger partial charge in [-0.05, 0) is 36.5 Å². The minimum absolute atomic E-state index is 0.127. The first-order valence-electron chi connectivity index (χ1n) is 6.28. The van der Waals surface area contributed by atoms with E-state index in [2.05, 4.69) is 0 Å². The van der Waals surface area contributed by atoms with E-state index in [-0.39, 0.29) is 18.6 Å². The molecule has 0 heterocycles. The maximum Gasteiger partial charge on any atom is 0.341 e. The van der Waals surface area contributed by atoms with Crippen LogP contribution in [-0.2, 0) is 11.2 Å². The molecule has 1 aliphatic rings. The van der Waals surface area contributed by atoms with Crippen molar-refractivity contribution in [3.63, 3.8) is 0 Å². The van der Waals surface area contributed by atoms with Crippen LogP contribution in [0, 0.1) is 0 Å². The molecular formula is C14H18O4. The second-order valence-corrected chi connectivity index (χ2v) is 4.63. The minimum atomic E-state index is -0.976. The molecule has 1 aromatic carbocycles. The smallest absolute Gasteiger partial charge is 0.341 e. The van der Waals surface area contributed by atoms with Crippen molar-refractivity contribution in [1.82, 2.24) is 0 Å². The largest absolute Gasteiger partial charge is 0.482 e. The van der Waals surface area contributed by atoms with Crippen LogP contribution in [0.3, 0.4) is 0 Å². The number of fused-ring (bicyclic) bond motifs is 1. The highest BCUT2D eigenvalue weighted by Gasteiger charge is 2.28. The van der Waals surface area contributed by atoms with Crippen LogP contribution in [0.1, 0.15) is 36.8 Å². The number of carboxylic acid groups (broad SMARTS) is 1. The van der Waals surface area contributed by atoms with E-state index in [1.165, 1.54) is 0 Å². The molecule has 2 unspecified atom stereocenters. The predicted octanol–water partition coefficient (Wildman–Crippen LogP) is 1.95. The molecule has 0 saturated heterocycles. The molecule has 0 spiro atoms. The van der Waals surface area contributed by atoms with Crippen molar-refractivity contribution in [3.05, 3.63) is 29.3 Å². The second-order valence-electron chi connectivity index (χ2n) is 4.63. The molecule has 18 heavy (non-hydrogen) atoms. The van der Waals surface area contributed by atoms with Crippen LogP contribution in [0.5, 0.6) is 5.75 Å². The lowest BCUT2D eigenvalue weighted by atomic mass is 9.79. The van der Waals surface area contributed by atoms with E-state index in [4.69, 9.17) is 9.84 Å². The number of hydrogen-bond acceptors (Lipinski definition) is 3. The zero-order valence-corrected chi connectivity index (χ0v) is 10.4. The van der Waals surface area contributed by atoms with Gasteiger partial charge in [0.1, 0.15) is 5.75 Å². The van der Waals surface area contributed by atoms with Crippen molar-refractivity contribution in [2.24, 2.45) is 0 Å². The van der Waals surface area contributed by atoms with Crippen LogP contribution < -0.4 is 4.74 Å². The summed E-state index contributed by atoms with van der Waals surface area (Å²) in [5.74, 6) is -0.210. The summed E-state index contributed by atoms with van der Waals surface area (Å²) < 4.78 is 5.31. The molecule has 0 fully saturated rings. The topological polar surface area (TPSA) is 66.8 Å². The Kier molecular flexibility index (Phi) is 3.87. The van der Waals surface area contributed by atoms with Gasteiger partial charge in [-0.15, -0.1) is 0 Å². The summed E-state index contributed by atoms with van der Waals surface area (Å²) in [4.78, 5) is 10.5. The van der Waals surface area contributed by atoms with Crippen LogP contribution in [0.25, 0.3) is 0 Å². The number of aliphatic hydroxyl groups excluding tert-OH is 1. The van der Waals surface area contributed by atoms with Crippen molar-refractivity contribution in [1.29, 1.82) is 0 Å². The summed E-state index contributed by atoms with van der Waals surface area (Å²) in [5.41, 5.74) is 2.15. The minimum Gasteiger partial charge on any atom is -0.482 e. The molecular weight excluding hydrogens is 232 g/mol. The molecule has 1 aromatic rings. The number of benzene rings is 1. The van der Waals surface area contributed by atoms with Crippen molar-refractivity contribution in [2.75, 3.05) is 6.61 Å². The summed E-state index contributed by atoms with van der Waals surface area (Å²) >= 11 is 0. The number of aliphatic hydroxyl groups is 1. The second kappa shape index (κ2) is 5.40. The van der Waals surface area contributed by atoms with Crippen molar-refractivity contribution in [3.8, 4) is 5.75 Å². The maximum absolute atomic E-state index is 10.5. The summed E-state index contributed by atoms with van der Waals surface area (Å²) in [7, 11) is 0. The first-order chi connectivity index (χ1) is 8.63. The van der Waals surface area contributed by atoms with E-state index in [1.54, 1.807) is 6.07 Å². The van der Waals surface area contributed by atoms with Crippen molar-refractivity contribution < 1.29 is 19.7 Å². The normalized spacial score (nSPS) is 22.3. The highest BCUT2D eigenvalue weighted by Crippen LogP contribution is 2.38. The Morgan fingerprint density at radius 3 is 2.94 bits per heavy atom. The van der Waals surface area contributed by atoms with Gasteiger partial charge in [0.15, 0.2) is 6.61 Å². The lowest BCUT2D eigenvalue weighted by Crippen LogP contribution is -2.25. The first kappa shape index (κ1) is 12.9. The zero-order chi connectivity index (χ0) is 13.1. The lowest BCUT2D eigenvalue weighted by molar-refractivity contribution is -0.139. The molecule has 2 atom stereocenters. The fourth-order valence-electron chi connectivity index (χ4n) is 2.66. The van der Waals surface area contributed by atoms with Gasteiger partial charge in [-0.2, -0.15) is 0 Å². The Morgan fingerprint density at radius 2 is 2.28 bits per heavy atom. The summed E-state index contributed by atoms with van der Waals surface area (Å²) in [6.07, 6.45) is 2.01. The molecule has 1 aliphatic carbocycles. The number of carboxylic acids is 1. The molecule has 0 aliphatic heterocycles. The van der Waals surface area contributed by atoms with Gasteiger partial charge in [0.25, 0.3) is 0 Å². The third kappa shape index (κ3) is 2.48. The predicted molar refractivity (Wildman–Crippen MR) is 66.9 cm³/mol.